The van der Waals surface area contributed by atoms with Crippen molar-refractivity contribution >= 4 is 17.8 Å². The van der Waals surface area contributed by atoms with E-state index in [0.717, 1.165) is 0 Å². The number of carbonyl (C=O) groups is 3. The van der Waals surface area contributed by atoms with E-state index in [2.05, 4.69) is 5.32 Å². The zero-order valence-corrected chi connectivity index (χ0v) is 14.0. The Morgan fingerprint density at radius 2 is 1.52 bits per heavy atom. The van der Waals surface area contributed by atoms with Crippen LogP contribution >= 0.6 is 0 Å². The molecule has 23 heavy (non-hydrogen) atoms. The van der Waals surface area contributed by atoms with Gasteiger partial charge in [0.25, 0.3) is 11.8 Å². The lowest BCUT2D eigenvalue weighted by atomic mass is 9.94. The van der Waals surface area contributed by atoms with Crippen LogP contribution in [-0.4, -0.2) is 47.4 Å². The van der Waals surface area contributed by atoms with Crippen LogP contribution in [0.2, 0.25) is 0 Å². The molecule has 2 amide bonds. The second-order valence-electron chi connectivity index (χ2n) is 5.93. The van der Waals surface area contributed by atoms with E-state index in [1.54, 1.807) is 43.0 Å². The predicted molar refractivity (Wildman–Crippen MR) is 87.4 cm³/mol. The fourth-order valence-electron chi connectivity index (χ4n) is 1.94. The average molecular weight is 320 g/mol. The van der Waals surface area contributed by atoms with Gasteiger partial charge in [0, 0.05) is 30.8 Å². The van der Waals surface area contributed by atoms with Gasteiger partial charge in [0.05, 0.1) is 5.41 Å². The van der Waals surface area contributed by atoms with Crippen LogP contribution in [0, 0.1) is 5.41 Å². The van der Waals surface area contributed by atoms with Crippen LogP contribution in [0.5, 0.6) is 0 Å². The van der Waals surface area contributed by atoms with Crippen LogP contribution in [0.3, 0.4) is 0 Å². The Hall–Kier alpha value is -2.37. The maximum absolute atomic E-state index is 12.2. The minimum atomic E-state index is -1.03. The van der Waals surface area contributed by atoms with E-state index in [1.807, 2.05) is 13.8 Å². The number of nitrogens with one attached hydrogen (secondary N) is 1. The number of carboxylic acids is 1. The lowest BCUT2D eigenvalue weighted by molar-refractivity contribution is -0.146. The topological polar surface area (TPSA) is 86.7 Å². The van der Waals surface area contributed by atoms with Gasteiger partial charge in [0.2, 0.25) is 0 Å². The number of carbonyl (C=O) groups excluding carboxylic acids is 2. The van der Waals surface area contributed by atoms with Crippen molar-refractivity contribution in [3.05, 3.63) is 35.4 Å². The Kier molecular flexibility index (Phi) is 6.30. The number of amides is 2. The van der Waals surface area contributed by atoms with Crippen molar-refractivity contribution in [1.82, 2.24) is 10.2 Å². The molecule has 0 aliphatic carbocycles. The Bertz CT molecular complexity index is 575. The molecular weight excluding hydrogens is 296 g/mol. The van der Waals surface area contributed by atoms with Gasteiger partial charge < -0.3 is 15.3 Å². The summed E-state index contributed by atoms with van der Waals surface area (Å²) in [5, 5.41) is 11.6. The molecule has 6 heteroatoms. The fourth-order valence-corrected chi connectivity index (χ4v) is 1.94. The molecule has 0 atom stereocenters. The summed E-state index contributed by atoms with van der Waals surface area (Å²) in [7, 11) is 0. The molecule has 0 aliphatic rings. The first kappa shape index (κ1) is 18.7. The van der Waals surface area contributed by atoms with Crippen molar-refractivity contribution in [3.8, 4) is 0 Å². The number of aliphatic carboxylic acids is 1. The number of hydrogen-bond donors (Lipinski definition) is 2. The number of benzene rings is 1. The summed E-state index contributed by atoms with van der Waals surface area (Å²) in [6, 6.07) is 6.36. The third kappa shape index (κ3) is 4.81. The molecule has 0 heterocycles. The number of carboxylic acid groups (broad SMARTS) is 1. The van der Waals surface area contributed by atoms with Crippen LogP contribution in [0.25, 0.3) is 0 Å². The van der Waals surface area contributed by atoms with Crippen molar-refractivity contribution in [1.29, 1.82) is 0 Å². The van der Waals surface area contributed by atoms with E-state index in [1.165, 1.54) is 0 Å². The van der Waals surface area contributed by atoms with E-state index >= 15 is 0 Å². The van der Waals surface area contributed by atoms with E-state index in [0.29, 0.717) is 24.2 Å². The van der Waals surface area contributed by atoms with Gasteiger partial charge in [-0.05, 0) is 52.0 Å². The second-order valence-corrected chi connectivity index (χ2v) is 5.93. The fraction of sp³-hybridized carbons (Fsp3) is 0.471. The number of rotatable bonds is 7. The van der Waals surface area contributed by atoms with Crippen LogP contribution in [0.4, 0.5) is 0 Å². The van der Waals surface area contributed by atoms with Gasteiger partial charge >= 0.3 is 5.97 Å². The quantitative estimate of drug-likeness (QED) is 0.804. The van der Waals surface area contributed by atoms with Crippen molar-refractivity contribution in [2.24, 2.45) is 5.41 Å². The maximum atomic E-state index is 12.2. The third-order valence-corrected chi connectivity index (χ3v) is 3.71. The van der Waals surface area contributed by atoms with Gasteiger partial charge in [0.15, 0.2) is 0 Å². The molecule has 6 nitrogen and oxygen atoms in total. The highest BCUT2D eigenvalue weighted by Gasteiger charge is 2.27. The van der Waals surface area contributed by atoms with Gasteiger partial charge in [-0.2, -0.15) is 0 Å². The highest BCUT2D eigenvalue weighted by Crippen LogP contribution is 2.14. The summed E-state index contributed by atoms with van der Waals surface area (Å²) in [5.41, 5.74) is -0.118. The molecular formula is C17H24N2O4. The van der Waals surface area contributed by atoms with Crippen molar-refractivity contribution < 1.29 is 19.5 Å². The lowest BCUT2D eigenvalue weighted by Crippen LogP contribution is -2.38. The molecule has 1 aromatic rings. The average Bonchev–Trinajstić information content (AvgIpc) is 2.53. The Morgan fingerprint density at radius 3 is 1.96 bits per heavy atom. The molecule has 126 valence electrons. The Morgan fingerprint density at radius 1 is 1.04 bits per heavy atom. The number of hydrogen-bond acceptors (Lipinski definition) is 3. The third-order valence-electron chi connectivity index (χ3n) is 3.71. The molecule has 0 bridgehead atoms. The maximum Gasteiger partial charge on any atom is 0.310 e. The smallest absolute Gasteiger partial charge is 0.310 e. The predicted octanol–water partition coefficient (Wildman–Crippen LogP) is 2.01. The molecule has 0 saturated carbocycles. The van der Waals surface area contributed by atoms with E-state index in [4.69, 9.17) is 5.11 Å². The summed E-state index contributed by atoms with van der Waals surface area (Å²) in [5.74, 6) is -1.41. The minimum Gasteiger partial charge on any atom is -0.481 e. The molecule has 0 aromatic heterocycles. The standard InChI is InChI=1S/C17H24N2O4/c1-5-19(6-2)15(21)13-9-7-12(8-10-13)14(20)18-11-17(3,4)16(22)23/h7-10H,5-6,11H2,1-4H3,(H,18,20)(H,22,23). The Labute approximate surface area is 136 Å². The van der Waals surface area contributed by atoms with E-state index in [9.17, 15) is 14.4 Å². The second kappa shape index (κ2) is 7.76. The molecule has 2 N–H and O–H groups in total. The van der Waals surface area contributed by atoms with Crippen LogP contribution in [-0.2, 0) is 4.79 Å². The Balaban J connectivity index is 2.75. The first-order chi connectivity index (χ1) is 10.7. The summed E-state index contributed by atoms with van der Waals surface area (Å²) in [6.07, 6.45) is 0. The monoisotopic (exact) mass is 320 g/mol. The normalized spacial score (nSPS) is 11.0. The summed E-state index contributed by atoms with van der Waals surface area (Å²) >= 11 is 0. The van der Waals surface area contributed by atoms with E-state index in [-0.39, 0.29) is 18.4 Å². The SMILES string of the molecule is CCN(CC)C(=O)c1ccc(C(=O)NCC(C)(C)C(=O)O)cc1. The van der Waals surface area contributed by atoms with Gasteiger partial charge in [0.1, 0.15) is 0 Å². The first-order valence-corrected chi connectivity index (χ1v) is 7.63. The van der Waals surface area contributed by atoms with Crippen molar-refractivity contribution in [2.75, 3.05) is 19.6 Å². The highest BCUT2D eigenvalue weighted by atomic mass is 16.4. The van der Waals surface area contributed by atoms with Crippen molar-refractivity contribution in [3.63, 3.8) is 0 Å². The zero-order valence-electron chi connectivity index (χ0n) is 14.0. The minimum absolute atomic E-state index is 0.0291. The van der Waals surface area contributed by atoms with Gasteiger partial charge in [-0.15, -0.1) is 0 Å². The molecule has 0 aliphatic heterocycles. The molecule has 1 rings (SSSR count). The molecule has 0 unspecified atom stereocenters. The summed E-state index contributed by atoms with van der Waals surface area (Å²) in [4.78, 5) is 36.9. The molecule has 0 fully saturated rings. The number of nitrogens with zero attached hydrogens (tertiary/aromatic N) is 1. The van der Waals surface area contributed by atoms with Crippen LogP contribution in [0.1, 0.15) is 48.4 Å². The molecule has 0 saturated heterocycles. The van der Waals surface area contributed by atoms with Crippen molar-refractivity contribution in [2.45, 2.75) is 27.7 Å². The molecule has 0 radical (unpaired) electrons. The summed E-state index contributed by atoms with van der Waals surface area (Å²) < 4.78 is 0. The summed E-state index contributed by atoms with van der Waals surface area (Å²) in [6.45, 7) is 8.19. The van der Waals surface area contributed by atoms with Crippen LogP contribution < -0.4 is 5.32 Å². The molecule has 1 aromatic carbocycles. The first-order valence-electron chi connectivity index (χ1n) is 7.63. The highest BCUT2D eigenvalue weighted by molar-refractivity contribution is 5.98. The van der Waals surface area contributed by atoms with Gasteiger partial charge in [-0.1, -0.05) is 0 Å². The van der Waals surface area contributed by atoms with Gasteiger partial charge in [-0.25, -0.2) is 0 Å². The lowest BCUT2D eigenvalue weighted by Gasteiger charge is -2.20. The van der Waals surface area contributed by atoms with Gasteiger partial charge in [-0.3, -0.25) is 14.4 Å². The largest absolute Gasteiger partial charge is 0.481 e. The zero-order chi connectivity index (χ0) is 17.6. The van der Waals surface area contributed by atoms with Crippen LogP contribution in [0.15, 0.2) is 24.3 Å². The van der Waals surface area contributed by atoms with E-state index < -0.39 is 11.4 Å². The molecule has 0 spiro atoms.